The number of hydrogen-bond donors (Lipinski definition) is 1. The number of likely N-dealkylation sites (tertiary alicyclic amines) is 1. The van der Waals surface area contributed by atoms with E-state index >= 15 is 0 Å². The van der Waals surface area contributed by atoms with Crippen molar-refractivity contribution in [3.05, 3.63) is 17.5 Å². The Kier molecular flexibility index (Phi) is 3.28. The van der Waals surface area contributed by atoms with Crippen molar-refractivity contribution in [3.63, 3.8) is 0 Å². The van der Waals surface area contributed by atoms with Gasteiger partial charge in [0, 0.05) is 69.0 Å². The number of likely N-dealkylation sites (N-methyl/N-ethyl adjacent to an activating group) is 1. The van der Waals surface area contributed by atoms with Crippen molar-refractivity contribution in [1.82, 2.24) is 24.9 Å². The summed E-state index contributed by atoms with van der Waals surface area (Å²) in [4.78, 5) is 7.67. The number of aromatic amines is 1. The van der Waals surface area contributed by atoms with Gasteiger partial charge in [0.05, 0.1) is 6.20 Å². The summed E-state index contributed by atoms with van der Waals surface area (Å²) >= 11 is 0. The molecule has 1 N–H and O–H groups in total. The summed E-state index contributed by atoms with van der Waals surface area (Å²) in [5.74, 6) is 0.780. The number of H-pyrrole nitrogens is 1. The van der Waals surface area contributed by atoms with Gasteiger partial charge in [0.15, 0.2) is 0 Å². The maximum absolute atomic E-state index is 4.24. The van der Waals surface area contributed by atoms with Gasteiger partial charge in [0.25, 0.3) is 0 Å². The van der Waals surface area contributed by atoms with Gasteiger partial charge in [0.1, 0.15) is 0 Å². The first-order valence-corrected chi connectivity index (χ1v) is 7.96. The van der Waals surface area contributed by atoms with Gasteiger partial charge in [-0.25, -0.2) is 0 Å². The summed E-state index contributed by atoms with van der Waals surface area (Å²) < 4.78 is 0. The van der Waals surface area contributed by atoms with E-state index in [4.69, 9.17) is 0 Å². The van der Waals surface area contributed by atoms with Gasteiger partial charge in [-0.05, 0) is 19.9 Å². The van der Waals surface area contributed by atoms with Crippen LogP contribution in [-0.4, -0.2) is 77.3 Å². The number of hydrogen-bond acceptors (Lipinski definition) is 4. The van der Waals surface area contributed by atoms with E-state index < -0.39 is 0 Å². The van der Waals surface area contributed by atoms with E-state index in [2.05, 4.69) is 31.9 Å². The van der Waals surface area contributed by atoms with Crippen molar-refractivity contribution in [1.29, 1.82) is 0 Å². The lowest BCUT2D eigenvalue weighted by molar-refractivity contribution is 0.00534. The molecule has 1 aromatic rings. The lowest BCUT2D eigenvalue weighted by Gasteiger charge is -2.47. The predicted molar refractivity (Wildman–Crippen MR) is 78.7 cm³/mol. The highest BCUT2D eigenvalue weighted by molar-refractivity contribution is 5.24. The third kappa shape index (κ3) is 2.50. The van der Waals surface area contributed by atoms with Crippen LogP contribution in [0.25, 0.3) is 0 Å². The molecule has 5 nitrogen and oxygen atoms in total. The molecule has 2 saturated heterocycles. The van der Waals surface area contributed by atoms with Crippen LogP contribution in [-0.2, 0) is 6.54 Å². The first-order valence-electron chi connectivity index (χ1n) is 7.96. The van der Waals surface area contributed by atoms with Gasteiger partial charge in [-0.2, -0.15) is 5.10 Å². The zero-order chi connectivity index (χ0) is 13.5. The van der Waals surface area contributed by atoms with Crippen LogP contribution in [0.15, 0.2) is 6.20 Å². The molecule has 0 unspecified atom stereocenters. The third-order valence-corrected chi connectivity index (χ3v) is 5.12. The maximum Gasteiger partial charge on any atom is 0.0535 e. The Morgan fingerprint density at radius 3 is 2.65 bits per heavy atom. The molecule has 1 saturated carbocycles. The minimum absolute atomic E-state index is 0.780. The summed E-state index contributed by atoms with van der Waals surface area (Å²) in [6.07, 6.45) is 4.73. The van der Waals surface area contributed by atoms with Crippen LogP contribution in [0.4, 0.5) is 0 Å². The van der Waals surface area contributed by atoms with Crippen molar-refractivity contribution < 1.29 is 0 Å². The standard InChI is InChI=1S/C15H25N5/c1-18-4-6-20(7-5-18)14-10-19(11-14)9-13-8-16-17-15(13)12-2-3-12/h8,12,14H,2-7,9-11H2,1H3,(H,16,17). The lowest BCUT2D eigenvalue weighted by Crippen LogP contribution is -2.62. The van der Waals surface area contributed by atoms with E-state index in [1.807, 2.05) is 6.20 Å². The molecule has 0 radical (unpaired) electrons. The Bertz CT molecular complexity index is 453. The molecular weight excluding hydrogens is 250 g/mol. The highest BCUT2D eigenvalue weighted by Gasteiger charge is 2.34. The number of aromatic nitrogens is 2. The third-order valence-electron chi connectivity index (χ3n) is 5.12. The zero-order valence-corrected chi connectivity index (χ0v) is 12.4. The molecule has 4 rings (SSSR count). The van der Waals surface area contributed by atoms with Gasteiger partial charge in [-0.1, -0.05) is 0 Å². The van der Waals surface area contributed by atoms with E-state index in [9.17, 15) is 0 Å². The molecule has 2 aliphatic heterocycles. The molecule has 0 bridgehead atoms. The first-order chi connectivity index (χ1) is 9.79. The van der Waals surface area contributed by atoms with Crippen LogP contribution >= 0.6 is 0 Å². The SMILES string of the molecule is CN1CCN(C2CN(Cc3cn[nH]c3C3CC3)C2)CC1. The second-order valence-corrected chi connectivity index (χ2v) is 6.77. The number of nitrogens with one attached hydrogen (secondary N) is 1. The number of piperazine rings is 1. The Morgan fingerprint density at radius 1 is 1.20 bits per heavy atom. The molecule has 0 spiro atoms. The summed E-state index contributed by atoms with van der Waals surface area (Å²) in [6, 6.07) is 0.792. The number of rotatable bonds is 4. The van der Waals surface area contributed by atoms with E-state index in [-0.39, 0.29) is 0 Å². The summed E-state index contributed by atoms with van der Waals surface area (Å²) in [6.45, 7) is 8.50. The average molecular weight is 275 g/mol. The van der Waals surface area contributed by atoms with Crippen LogP contribution in [0.3, 0.4) is 0 Å². The first kappa shape index (κ1) is 12.8. The van der Waals surface area contributed by atoms with Crippen LogP contribution < -0.4 is 0 Å². The van der Waals surface area contributed by atoms with Crippen molar-refractivity contribution >= 4 is 0 Å². The summed E-state index contributed by atoms with van der Waals surface area (Å²) in [5.41, 5.74) is 2.84. The Balaban J connectivity index is 1.27. The van der Waals surface area contributed by atoms with Crippen molar-refractivity contribution in [2.24, 2.45) is 0 Å². The molecule has 3 heterocycles. The predicted octanol–water partition coefficient (Wildman–Crippen LogP) is 0.719. The van der Waals surface area contributed by atoms with E-state index in [0.29, 0.717) is 0 Å². The molecule has 110 valence electrons. The van der Waals surface area contributed by atoms with Crippen LogP contribution in [0.1, 0.15) is 30.0 Å². The monoisotopic (exact) mass is 275 g/mol. The molecule has 0 aromatic carbocycles. The van der Waals surface area contributed by atoms with Gasteiger partial charge in [-0.15, -0.1) is 0 Å². The second kappa shape index (κ2) is 5.13. The Morgan fingerprint density at radius 2 is 1.95 bits per heavy atom. The van der Waals surface area contributed by atoms with Gasteiger partial charge in [0.2, 0.25) is 0 Å². The minimum Gasteiger partial charge on any atom is -0.304 e. The van der Waals surface area contributed by atoms with Crippen LogP contribution in [0.2, 0.25) is 0 Å². The zero-order valence-electron chi connectivity index (χ0n) is 12.4. The second-order valence-electron chi connectivity index (χ2n) is 6.77. The lowest BCUT2D eigenvalue weighted by atomic mass is 10.0. The molecule has 0 amide bonds. The van der Waals surface area contributed by atoms with Crippen LogP contribution in [0.5, 0.6) is 0 Å². The van der Waals surface area contributed by atoms with Gasteiger partial charge in [-0.3, -0.25) is 14.9 Å². The molecular formula is C15H25N5. The van der Waals surface area contributed by atoms with E-state index in [1.165, 1.54) is 63.4 Å². The van der Waals surface area contributed by atoms with Gasteiger partial charge >= 0.3 is 0 Å². The Hall–Kier alpha value is -0.910. The van der Waals surface area contributed by atoms with Gasteiger partial charge < -0.3 is 4.90 Å². The maximum atomic E-state index is 4.24. The van der Waals surface area contributed by atoms with Crippen molar-refractivity contribution in [2.45, 2.75) is 31.3 Å². The minimum atomic E-state index is 0.780. The fraction of sp³-hybridized carbons (Fsp3) is 0.800. The fourth-order valence-electron chi connectivity index (χ4n) is 3.50. The molecule has 1 aliphatic carbocycles. The molecule has 1 aromatic heterocycles. The van der Waals surface area contributed by atoms with Crippen molar-refractivity contribution in [2.75, 3.05) is 46.3 Å². The quantitative estimate of drug-likeness (QED) is 0.879. The highest BCUT2D eigenvalue weighted by Crippen LogP contribution is 2.40. The Labute approximate surface area is 120 Å². The smallest absolute Gasteiger partial charge is 0.0535 e. The van der Waals surface area contributed by atoms with Crippen LogP contribution in [0, 0.1) is 0 Å². The molecule has 5 heteroatoms. The molecule has 20 heavy (non-hydrogen) atoms. The highest BCUT2D eigenvalue weighted by atomic mass is 15.3. The van der Waals surface area contributed by atoms with Crippen molar-refractivity contribution in [3.8, 4) is 0 Å². The summed E-state index contributed by atoms with van der Waals surface area (Å²) in [7, 11) is 2.22. The molecule has 3 fully saturated rings. The molecule has 3 aliphatic rings. The fourth-order valence-corrected chi connectivity index (χ4v) is 3.50. The number of nitrogens with zero attached hydrogens (tertiary/aromatic N) is 4. The normalized spacial score (nSPS) is 26.9. The summed E-state index contributed by atoms with van der Waals surface area (Å²) in [5, 5.41) is 7.45. The topological polar surface area (TPSA) is 38.4 Å². The largest absolute Gasteiger partial charge is 0.304 e. The molecule has 0 atom stereocenters. The van der Waals surface area contributed by atoms with E-state index in [1.54, 1.807) is 0 Å². The average Bonchev–Trinajstić information content (AvgIpc) is 3.15. The van der Waals surface area contributed by atoms with E-state index in [0.717, 1.165) is 18.5 Å².